The van der Waals surface area contributed by atoms with Crippen LogP contribution in [-0.4, -0.2) is 26.8 Å². The summed E-state index contributed by atoms with van der Waals surface area (Å²) in [5.74, 6) is 1.61. The monoisotopic (exact) mass is 281 g/mol. The Hall–Kier alpha value is -0.570. The normalized spacial score (nSPS) is 17.2. The number of nitrogens with one attached hydrogen (secondary N) is 1. The summed E-state index contributed by atoms with van der Waals surface area (Å²) in [6, 6.07) is 8.28. The number of hydrogen-bond acceptors (Lipinski definition) is 2. The summed E-state index contributed by atoms with van der Waals surface area (Å²) in [6.07, 6.45) is 5.30. The van der Waals surface area contributed by atoms with Gasteiger partial charge in [-0.25, -0.2) is 0 Å². The minimum Gasteiger partial charge on any atom is -0.383 e. The highest BCUT2D eigenvalue weighted by atomic mass is 35.5. The van der Waals surface area contributed by atoms with Gasteiger partial charge in [0.15, 0.2) is 0 Å². The predicted octanol–water partition coefficient (Wildman–Crippen LogP) is 3.53. The summed E-state index contributed by atoms with van der Waals surface area (Å²) in [7, 11) is 1.75. The van der Waals surface area contributed by atoms with Crippen LogP contribution in [0.15, 0.2) is 24.3 Å². The Morgan fingerprint density at radius 1 is 1.42 bits per heavy atom. The lowest BCUT2D eigenvalue weighted by atomic mass is 9.73. The van der Waals surface area contributed by atoms with Crippen LogP contribution < -0.4 is 5.32 Å². The van der Waals surface area contributed by atoms with Crippen LogP contribution in [0.25, 0.3) is 0 Å². The molecule has 1 saturated carbocycles. The molecule has 2 nitrogen and oxygen atoms in total. The minimum atomic E-state index is 0.726. The van der Waals surface area contributed by atoms with Gasteiger partial charge < -0.3 is 10.1 Å². The lowest BCUT2D eigenvalue weighted by Crippen LogP contribution is -2.34. The summed E-state index contributed by atoms with van der Waals surface area (Å²) in [5, 5.41) is 4.36. The van der Waals surface area contributed by atoms with Gasteiger partial charge >= 0.3 is 0 Å². The van der Waals surface area contributed by atoms with Crippen molar-refractivity contribution < 1.29 is 4.74 Å². The molecule has 1 aliphatic carbocycles. The molecule has 0 bridgehead atoms. The summed E-state index contributed by atoms with van der Waals surface area (Å²) < 4.78 is 5.08. The van der Waals surface area contributed by atoms with E-state index in [-0.39, 0.29) is 0 Å². The number of hydrogen-bond donors (Lipinski definition) is 1. The highest BCUT2D eigenvalue weighted by molar-refractivity contribution is 6.30. The highest BCUT2D eigenvalue weighted by Crippen LogP contribution is 2.35. The van der Waals surface area contributed by atoms with Gasteiger partial charge in [-0.05, 0) is 42.5 Å². The van der Waals surface area contributed by atoms with Crippen molar-refractivity contribution >= 4 is 11.6 Å². The first-order chi connectivity index (χ1) is 9.29. The van der Waals surface area contributed by atoms with Crippen LogP contribution in [0.3, 0.4) is 0 Å². The zero-order valence-electron chi connectivity index (χ0n) is 11.7. The van der Waals surface area contributed by atoms with E-state index in [0.29, 0.717) is 0 Å². The molecule has 1 aromatic rings. The first-order valence-electron chi connectivity index (χ1n) is 7.23. The summed E-state index contributed by atoms with van der Waals surface area (Å²) in [4.78, 5) is 0. The van der Waals surface area contributed by atoms with Crippen LogP contribution in [0.2, 0.25) is 5.02 Å². The lowest BCUT2D eigenvalue weighted by molar-refractivity contribution is 0.178. The third kappa shape index (κ3) is 4.79. The van der Waals surface area contributed by atoms with Crippen LogP contribution in [0, 0.1) is 11.8 Å². The lowest BCUT2D eigenvalue weighted by Gasteiger charge is -2.34. The second kappa shape index (κ2) is 7.88. The first kappa shape index (κ1) is 14.8. The van der Waals surface area contributed by atoms with Gasteiger partial charge in [0.2, 0.25) is 0 Å². The van der Waals surface area contributed by atoms with E-state index in [1.165, 1.54) is 24.8 Å². The fraction of sp³-hybridized carbons (Fsp3) is 0.625. The highest BCUT2D eigenvalue weighted by Gasteiger charge is 2.26. The third-order valence-electron chi connectivity index (χ3n) is 4.09. The van der Waals surface area contributed by atoms with E-state index >= 15 is 0 Å². The molecular weight excluding hydrogens is 258 g/mol. The molecule has 1 fully saturated rings. The maximum absolute atomic E-state index is 6.07. The maximum Gasteiger partial charge on any atom is 0.0587 e. The number of rotatable bonds is 8. The summed E-state index contributed by atoms with van der Waals surface area (Å²) in [6.45, 7) is 2.81. The van der Waals surface area contributed by atoms with Crippen molar-refractivity contribution in [2.24, 2.45) is 11.8 Å². The molecule has 19 heavy (non-hydrogen) atoms. The fourth-order valence-electron chi connectivity index (χ4n) is 2.75. The average Bonchev–Trinajstić information content (AvgIpc) is 2.32. The Bertz CT molecular complexity index is 379. The molecule has 1 aromatic carbocycles. The van der Waals surface area contributed by atoms with Gasteiger partial charge in [-0.1, -0.05) is 43.0 Å². The van der Waals surface area contributed by atoms with Crippen LogP contribution in [0.1, 0.15) is 24.8 Å². The minimum absolute atomic E-state index is 0.726. The number of ether oxygens (including phenoxy) is 1. The molecule has 106 valence electrons. The van der Waals surface area contributed by atoms with E-state index in [2.05, 4.69) is 17.4 Å². The number of halogens is 1. The Kier molecular flexibility index (Phi) is 6.15. The zero-order valence-corrected chi connectivity index (χ0v) is 12.5. The first-order valence-corrected chi connectivity index (χ1v) is 7.61. The molecule has 3 heteroatoms. The standard InChI is InChI=1S/C16H24ClNO/c1-19-9-8-18-12-15(14-5-3-6-14)10-13-4-2-7-16(17)11-13/h2,4,7,11,14-15,18H,3,5-6,8-10,12H2,1H3. The Morgan fingerprint density at radius 2 is 2.26 bits per heavy atom. The van der Waals surface area contributed by atoms with Gasteiger partial charge in [0.25, 0.3) is 0 Å². The smallest absolute Gasteiger partial charge is 0.0587 e. The van der Waals surface area contributed by atoms with Crippen LogP contribution in [-0.2, 0) is 11.2 Å². The molecule has 1 aliphatic rings. The molecule has 0 heterocycles. The second-order valence-electron chi connectivity index (χ2n) is 5.48. The zero-order chi connectivity index (χ0) is 13.5. The Labute approximate surface area is 121 Å². The molecule has 0 radical (unpaired) electrons. The Morgan fingerprint density at radius 3 is 2.89 bits per heavy atom. The molecule has 1 atom stereocenters. The molecule has 1 unspecified atom stereocenters. The third-order valence-corrected chi connectivity index (χ3v) is 4.33. The van der Waals surface area contributed by atoms with Crippen molar-refractivity contribution in [3.05, 3.63) is 34.9 Å². The van der Waals surface area contributed by atoms with E-state index < -0.39 is 0 Å². The molecule has 0 aromatic heterocycles. The molecule has 0 aliphatic heterocycles. The molecule has 1 N–H and O–H groups in total. The van der Waals surface area contributed by atoms with Crippen molar-refractivity contribution in [1.29, 1.82) is 0 Å². The van der Waals surface area contributed by atoms with Crippen molar-refractivity contribution in [1.82, 2.24) is 5.32 Å². The SMILES string of the molecule is COCCNCC(Cc1cccc(Cl)c1)C1CCC1. The molecule has 0 saturated heterocycles. The van der Waals surface area contributed by atoms with Gasteiger partial charge in [-0.15, -0.1) is 0 Å². The summed E-state index contributed by atoms with van der Waals surface area (Å²) in [5.41, 5.74) is 1.36. The van der Waals surface area contributed by atoms with E-state index in [4.69, 9.17) is 16.3 Å². The maximum atomic E-state index is 6.07. The molecule has 2 rings (SSSR count). The van der Waals surface area contributed by atoms with Gasteiger partial charge in [0, 0.05) is 18.7 Å². The van der Waals surface area contributed by atoms with Gasteiger partial charge in [-0.3, -0.25) is 0 Å². The fourth-order valence-corrected chi connectivity index (χ4v) is 2.96. The summed E-state index contributed by atoms with van der Waals surface area (Å²) >= 11 is 6.07. The largest absolute Gasteiger partial charge is 0.383 e. The van der Waals surface area contributed by atoms with Gasteiger partial charge in [0.1, 0.15) is 0 Å². The quantitative estimate of drug-likeness (QED) is 0.736. The van der Waals surface area contributed by atoms with Crippen LogP contribution >= 0.6 is 11.6 Å². The second-order valence-corrected chi connectivity index (χ2v) is 5.92. The van der Waals surface area contributed by atoms with Gasteiger partial charge in [0.05, 0.1) is 6.61 Å². The predicted molar refractivity (Wildman–Crippen MR) is 80.7 cm³/mol. The Balaban J connectivity index is 1.86. The van der Waals surface area contributed by atoms with Crippen molar-refractivity contribution in [2.75, 3.05) is 26.8 Å². The molecule has 0 amide bonds. The van der Waals surface area contributed by atoms with Crippen molar-refractivity contribution in [3.63, 3.8) is 0 Å². The average molecular weight is 282 g/mol. The van der Waals surface area contributed by atoms with E-state index in [0.717, 1.165) is 43.0 Å². The topological polar surface area (TPSA) is 21.3 Å². The molecular formula is C16H24ClNO. The van der Waals surface area contributed by atoms with Crippen molar-refractivity contribution in [2.45, 2.75) is 25.7 Å². The van der Waals surface area contributed by atoms with Crippen LogP contribution in [0.5, 0.6) is 0 Å². The molecule has 0 spiro atoms. The van der Waals surface area contributed by atoms with Crippen molar-refractivity contribution in [3.8, 4) is 0 Å². The van der Waals surface area contributed by atoms with E-state index in [1.807, 2.05) is 12.1 Å². The van der Waals surface area contributed by atoms with Crippen LogP contribution in [0.4, 0.5) is 0 Å². The van der Waals surface area contributed by atoms with E-state index in [1.54, 1.807) is 7.11 Å². The van der Waals surface area contributed by atoms with Gasteiger partial charge in [-0.2, -0.15) is 0 Å². The number of methoxy groups -OCH3 is 1. The number of benzene rings is 1. The van der Waals surface area contributed by atoms with E-state index in [9.17, 15) is 0 Å².